The molecule has 108 valence electrons. The first kappa shape index (κ1) is 16.0. The molecule has 0 heterocycles. The number of benzene rings is 1. The number of methoxy groups -OCH3 is 1. The molecule has 0 fully saturated rings. The summed E-state index contributed by atoms with van der Waals surface area (Å²) in [5, 5.41) is 3.15. The van der Waals surface area contributed by atoms with Gasteiger partial charge in [-0.25, -0.2) is 0 Å². The van der Waals surface area contributed by atoms with Crippen molar-refractivity contribution in [3.8, 4) is 5.75 Å². The molecule has 19 heavy (non-hydrogen) atoms. The van der Waals surface area contributed by atoms with Crippen molar-refractivity contribution >= 4 is 0 Å². The lowest BCUT2D eigenvalue weighted by atomic mass is 10.1. The molecule has 1 rings (SSSR count). The third kappa shape index (κ3) is 6.05. The van der Waals surface area contributed by atoms with Gasteiger partial charge in [0.05, 0.1) is 32.5 Å². The number of rotatable bonds is 9. The van der Waals surface area contributed by atoms with Crippen LogP contribution in [0.1, 0.15) is 25.5 Å². The van der Waals surface area contributed by atoms with Gasteiger partial charge in [0, 0.05) is 6.54 Å². The van der Waals surface area contributed by atoms with Gasteiger partial charge in [-0.2, -0.15) is 0 Å². The molecule has 0 aromatic heterocycles. The second kappa shape index (κ2) is 8.91. The van der Waals surface area contributed by atoms with Gasteiger partial charge in [0.2, 0.25) is 0 Å². The standard InChI is InChI=1S/C15H25NO3/c1-12(2)18-8-9-19-15(11-16-3)13-6-5-7-14(10-13)17-4/h5-7,10,12,15-16H,8-9,11H2,1-4H3. The van der Waals surface area contributed by atoms with E-state index in [1.54, 1.807) is 7.11 Å². The Hall–Kier alpha value is -1.10. The molecular formula is C15H25NO3. The summed E-state index contributed by atoms with van der Waals surface area (Å²) in [6, 6.07) is 7.96. The van der Waals surface area contributed by atoms with Crippen LogP contribution in [0, 0.1) is 0 Å². The molecule has 0 aliphatic rings. The molecule has 4 heteroatoms. The first-order valence-electron chi connectivity index (χ1n) is 6.69. The van der Waals surface area contributed by atoms with E-state index in [1.165, 1.54) is 0 Å². The van der Waals surface area contributed by atoms with E-state index in [1.807, 2.05) is 45.2 Å². The molecule has 0 saturated carbocycles. The quantitative estimate of drug-likeness (QED) is 0.697. The maximum Gasteiger partial charge on any atom is 0.119 e. The average Bonchev–Trinajstić information content (AvgIpc) is 2.42. The average molecular weight is 267 g/mol. The number of nitrogens with one attached hydrogen (secondary N) is 1. The van der Waals surface area contributed by atoms with E-state index in [2.05, 4.69) is 5.32 Å². The molecule has 1 aromatic carbocycles. The van der Waals surface area contributed by atoms with E-state index in [0.29, 0.717) is 13.2 Å². The lowest BCUT2D eigenvalue weighted by molar-refractivity contribution is -0.0125. The highest BCUT2D eigenvalue weighted by Gasteiger charge is 2.12. The number of ether oxygens (including phenoxy) is 3. The molecule has 1 unspecified atom stereocenters. The van der Waals surface area contributed by atoms with E-state index in [0.717, 1.165) is 17.9 Å². The Bertz CT molecular complexity index is 355. The summed E-state index contributed by atoms with van der Waals surface area (Å²) in [5.74, 6) is 0.848. The Kier molecular flexibility index (Phi) is 7.48. The molecule has 0 aliphatic heterocycles. The Balaban J connectivity index is 2.55. The fourth-order valence-corrected chi connectivity index (χ4v) is 1.77. The van der Waals surface area contributed by atoms with E-state index in [9.17, 15) is 0 Å². The molecule has 0 aliphatic carbocycles. The zero-order chi connectivity index (χ0) is 14.1. The molecule has 0 bridgehead atoms. The van der Waals surface area contributed by atoms with E-state index in [4.69, 9.17) is 14.2 Å². The maximum atomic E-state index is 5.88. The Morgan fingerprint density at radius 3 is 2.53 bits per heavy atom. The van der Waals surface area contributed by atoms with Crippen LogP contribution >= 0.6 is 0 Å². The first-order chi connectivity index (χ1) is 9.17. The van der Waals surface area contributed by atoms with Crippen molar-refractivity contribution in [1.29, 1.82) is 0 Å². The summed E-state index contributed by atoms with van der Waals surface area (Å²) in [5.41, 5.74) is 1.11. The lowest BCUT2D eigenvalue weighted by Crippen LogP contribution is -2.22. The first-order valence-corrected chi connectivity index (χ1v) is 6.69. The summed E-state index contributed by atoms with van der Waals surface area (Å²) in [7, 11) is 3.59. The van der Waals surface area contributed by atoms with Crippen molar-refractivity contribution in [3.05, 3.63) is 29.8 Å². The second-order valence-electron chi connectivity index (χ2n) is 4.61. The highest BCUT2D eigenvalue weighted by Crippen LogP contribution is 2.21. The Labute approximate surface area is 116 Å². The van der Waals surface area contributed by atoms with Gasteiger partial charge in [-0.1, -0.05) is 12.1 Å². The minimum absolute atomic E-state index is 0.0101. The van der Waals surface area contributed by atoms with Crippen molar-refractivity contribution in [3.63, 3.8) is 0 Å². The van der Waals surface area contributed by atoms with Crippen molar-refractivity contribution in [2.24, 2.45) is 0 Å². The number of likely N-dealkylation sites (N-methyl/N-ethyl adjacent to an activating group) is 1. The van der Waals surface area contributed by atoms with Gasteiger partial charge in [0.15, 0.2) is 0 Å². The van der Waals surface area contributed by atoms with Gasteiger partial charge in [0.1, 0.15) is 5.75 Å². The third-order valence-electron chi connectivity index (χ3n) is 2.71. The van der Waals surface area contributed by atoms with Crippen LogP contribution in [0.4, 0.5) is 0 Å². The van der Waals surface area contributed by atoms with Crippen LogP contribution in [0.15, 0.2) is 24.3 Å². The third-order valence-corrected chi connectivity index (χ3v) is 2.71. The largest absolute Gasteiger partial charge is 0.497 e. The molecule has 1 atom stereocenters. The van der Waals surface area contributed by atoms with Gasteiger partial charge < -0.3 is 19.5 Å². The fraction of sp³-hybridized carbons (Fsp3) is 0.600. The van der Waals surface area contributed by atoms with Gasteiger partial charge in [-0.3, -0.25) is 0 Å². The van der Waals surface area contributed by atoms with Crippen LogP contribution in [0.3, 0.4) is 0 Å². The summed E-state index contributed by atoms with van der Waals surface area (Å²) in [6.45, 7) is 6.00. The van der Waals surface area contributed by atoms with Gasteiger partial charge >= 0.3 is 0 Å². The summed E-state index contributed by atoms with van der Waals surface area (Å²) in [4.78, 5) is 0. The van der Waals surface area contributed by atoms with E-state index >= 15 is 0 Å². The smallest absolute Gasteiger partial charge is 0.119 e. The molecule has 4 nitrogen and oxygen atoms in total. The fourth-order valence-electron chi connectivity index (χ4n) is 1.77. The molecular weight excluding hydrogens is 242 g/mol. The number of hydrogen-bond acceptors (Lipinski definition) is 4. The summed E-state index contributed by atoms with van der Waals surface area (Å²) < 4.78 is 16.6. The number of hydrogen-bond donors (Lipinski definition) is 1. The summed E-state index contributed by atoms with van der Waals surface area (Å²) >= 11 is 0. The van der Waals surface area contributed by atoms with Gasteiger partial charge in [0.25, 0.3) is 0 Å². The lowest BCUT2D eigenvalue weighted by Gasteiger charge is -2.19. The van der Waals surface area contributed by atoms with Crippen LogP contribution in [0.2, 0.25) is 0 Å². The normalized spacial score (nSPS) is 12.7. The minimum Gasteiger partial charge on any atom is -0.497 e. The van der Waals surface area contributed by atoms with Crippen LogP contribution in [0.5, 0.6) is 5.75 Å². The molecule has 0 radical (unpaired) electrons. The zero-order valence-electron chi connectivity index (χ0n) is 12.3. The summed E-state index contributed by atoms with van der Waals surface area (Å²) in [6.07, 6.45) is 0.249. The van der Waals surface area contributed by atoms with Crippen molar-refractivity contribution < 1.29 is 14.2 Å². The Morgan fingerprint density at radius 2 is 1.89 bits per heavy atom. The van der Waals surface area contributed by atoms with Crippen molar-refractivity contribution in [1.82, 2.24) is 5.32 Å². The van der Waals surface area contributed by atoms with Crippen LogP contribution < -0.4 is 10.1 Å². The molecule has 0 amide bonds. The zero-order valence-corrected chi connectivity index (χ0v) is 12.3. The Morgan fingerprint density at radius 1 is 1.16 bits per heavy atom. The molecule has 0 spiro atoms. The molecule has 1 aromatic rings. The van der Waals surface area contributed by atoms with E-state index < -0.39 is 0 Å². The van der Waals surface area contributed by atoms with Crippen LogP contribution in [-0.2, 0) is 9.47 Å². The van der Waals surface area contributed by atoms with Gasteiger partial charge in [-0.05, 0) is 38.6 Å². The SMILES string of the molecule is CNCC(OCCOC(C)C)c1cccc(OC)c1. The van der Waals surface area contributed by atoms with Gasteiger partial charge in [-0.15, -0.1) is 0 Å². The van der Waals surface area contributed by atoms with E-state index in [-0.39, 0.29) is 12.2 Å². The predicted molar refractivity (Wildman–Crippen MR) is 76.7 cm³/mol. The van der Waals surface area contributed by atoms with Crippen molar-refractivity contribution in [2.45, 2.75) is 26.1 Å². The molecule has 1 N–H and O–H groups in total. The minimum atomic E-state index is 0.0101. The topological polar surface area (TPSA) is 39.7 Å². The monoisotopic (exact) mass is 267 g/mol. The van der Waals surface area contributed by atoms with Crippen LogP contribution in [-0.4, -0.2) is 40.0 Å². The maximum absolute atomic E-state index is 5.88. The highest BCUT2D eigenvalue weighted by molar-refractivity contribution is 5.30. The highest BCUT2D eigenvalue weighted by atomic mass is 16.5. The second-order valence-corrected chi connectivity index (χ2v) is 4.61. The molecule has 0 saturated heterocycles. The van der Waals surface area contributed by atoms with Crippen molar-refractivity contribution in [2.75, 3.05) is 33.9 Å². The predicted octanol–water partition coefficient (Wildman–Crippen LogP) is 2.40. The van der Waals surface area contributed by atoms with Crippen LogP contribution in [0.25, 0.3) is 0 Å².